The second kappa shape index (κ2) is 4.61. The van der Waals surface area contributed by atoms with Gasteiger partial charge in [0.1, 0.15) is 0 Å². The summed E-state index contributed by atoms with van der Waals surface area (Å²) in [4.78, 5) is 15.5. The van der Waals surface area contributed by atoms with Gasteiger partial charge >= 0.3 is 0 Å². The van der Waals surface area contributed by atoms with Gasteiger partial charge in [0.05, 0.1) is 0 Å². The molecule has 3 N–H and O–H groups in total. The number of amides is 1. The van der Waals surface area contributed by atoms with E-state index in [9.17, 15) is 4.79 Å². The van der Waals surface area contributed by atoms with Crippen LogP contribution < -0.4 is 11.3 Å². The van der Waals surface area contributed by atoms with Crippen LogP contribution in [-0.4, -0.2) is 16.0 Å². The van der Waals surface area contributed by atoms with Crippen LogP contribution in [0, 0.1) is 12.8 Å². The van der Waals surface area contributed by atoms with Gasteiger partial charge in [0.2, 0.25) is 11.8 Å². The third-order valence-electron chi connectivity index (χ3n) is 3.15. The molecular formula is C10H16N4O2. The third kappa shape index (κ3) is 2.21. The van der Waals surface area contributed by atoms with Crippen molar-refractivity contribution in [2.24, 2.45) is 11.8 Å². The van der Waals surface area contributed by atoms with E-state index in [0.29, 0.717) is 11.8 Å². The predicted octanol–water partition coefficient (Wildman–Crippen LogP) is 0.642. The number of nitrogens with one attached hydrogen (secondary N) is 1. The standard InChI is InChI=1S/C10H16N4O2/c1-6-12-9(14-16-6)7-2-4-8(5-3-7)10(15)13-11/h7-8H,2-5,11H2,1H3,(H,13,15). The Labute approximate surface area is 93.6 Å². The first-order valence-corrected chi connectivity index (χ1v) is 5.51. The van der Waals surface area contributed by atoms with Crippen molar-refractivity contribution in [3.63, 3.8) is 0 Å². The van der Waals surface area contributed by atoms with E-state index in [1.807, 2.05) is 0 Å². The summed E-state index contributed by atoms with van der Waals surface area (Å²) in [6.07, 6.45) is 3.50. The molecule has 0 bridgehead atoms. The van der Waals surface area contributed by atoms with Gasteiger partial charge in [-0.2, -0.15) is 4.98 Å². The van der Waals surface area contributed by atoms with Crippen LogP contribution in [0.2, 0.25) is 0 Å². The summed E-state index contributed by atoms with van der Waals surface area (Å²) in [6.45, 7) is 1.78. The smallest absolute Gasteiger partial charge is 0.236 e. The molecule has 16 heavy (non-hydrogen) atoms. The molecule has 1 fully saturated rings. The number of hydrazine groups is 1. The largest absolute Gasteiger partial charge is 0.340 e. The van der Waals surface area contributed by atoms with Crippen molar-refractivity contribution in [3.8, 4) is 0 Å². The van der Waals surface area contributed by atoms with Crippen molar-refractivity contribution in [2.45, 2.75) is 38.5 Å². The second-order valence-electron chi connectivity index (χ2n) is 4.23. The van der Waals surface area contributed by atoms with Crippen molar-refractivity contribution in [1.82, 2.24) is 15.6 Å². The van der Waals surface area contributed by atoms with E-state index in [1.54, 1.807) is 6.92 Å². The maximum absolute atomic E-state index is 11.3. The minimum atomic E-state index is -0.0669. The highest BCUT2D eigenvalue weighted by Crippen LogP contribution is 2.34. The number of hydrogen-bond donors (Lipinski definition) is 2. The normalized spacial score (nSPS) is 25.4. The molecule has 6 heteroatoms. The fraction of sp³-hybridized carbons (Fsp3) is 0.700. The van der Waals surface area contributed by atoms with E-state index in [1.165, 1.54) is 0 Å². The zero-order valence-electron chi connectivity index (χ0n) is 9.27. The molecule has 0 aliphatic heterocycles. The summed E-state index contributed by atoms with van der Waals surface area (Å²) in [5, 5.41) is 3.92. The van der Waals surface area contributed by atoms with E-state index in [0.717, 1.165) is 31.5 Å². The van der Waals surface area contributed by atoms with Crippen LogP contribution in [0.4, 0.5) is 0 Å². The molecule has 0 radical (unpaired) electrons. The summed E-state index contributed by atoms with van der Waals surface area (Å²) >= 11 is 0. The molecule has 0 spiro atoms. The predicted molar refractivity (Wildman–Crippen MR) is 56.1 cm³/mol. The minimum absolute atomic E-state index is 0.0363. The number of hydrogen-bond acceptors (Lipinski definition) is 5. The molecular weight excluding hydrogens is 208 g/mol. The third-order valence-corrected chi connectivity index (χ3v) is 3.15. The molecule has 2 rings (SSSR count). The Kier molecular flexibility index (Phi) is 3.19. The number of aromatic nitrogens is 2. The van der Waals surface area contributed by atoms with Crippen LogP contribution in [0.1, 0.15) is 43.3 Å². The summed E-state index contributed by atoms with van der Waals surface area (Å²) in [6, 6.07) is 0. The molecule has 1 aromatic heterocycles. The summed E-state index contributed by atoms with van der Waals surface area (Å²) in [5.74, 6) is 6.76. The Morgan fingerprint density at radius 3 is 2.62 bits per heavy atom. The summed E-state index contributed by atoms with van der Waals surface area (Å²) < 4.78 is 4.95. The lowest BCUT2D eigenvalue weighted by Gasteiger charge is -2.25. The summed E-state index contributed by atoms with van der Waals surface area (Å²) in [7, 11) is 0. The van der Waals surface area contributed by atoms with E-state index < -0.39 is 0 Å². The molecule has 0 atom stereocenters. The number of rotatable bonds is 2. The topological polar surface area (TPSA) is 94.0 Å². The molecule has 1 heterocycles. The molecule has 1 aliphatic rings. The van der Waals surface area contributed by atoms with E-state index >= 15 is 0 Å². The fourth-order valence-corrected chi connectivity index (χ4v) is 2.21. The van der Waals surface area contributed by atoms with Crippen LogP contribution in [-0.2, 0) is 4.79 Å². The average Bonchev–Trinajstić information content (AvgIpc) is 2.75. The van der Waals surface area contributed by atoms with Crippen LogP contribution in [0.25, 0.3) is 0 Å². The maximum atomic E-state index is 11.3. The lowest BCUT2D eigenvalue weighted by atomic mass is 9.81. The van der Waals surface area contributed by atoms with Crippen molar-refractivity contribution in [3.05, 3.63) is 11.7 Å². The monoisotopic (exact) mass is 224 g/mol. The molecule has 1 amide bonds. The molecule has 88 valence electrons. The lowest BCUT2D eigenvalue weighted by molar-refractivity contribution is -0.126. The van der Waals surface area contributed by atoms with Gasteiger partial charge in [-0.25, -0.2) is 5.84 Å². The number of carbonyl (C=O) groups is 1. The molecule has 1 aliphatic carbocycles. The Hall–Kier alpha value is -1.43. The second-order valence-corrected chi connectivity index (χ2v) is 4.23. The van der Waals surface area contributed by atoms with E-state index in [2.05, 4.69) is 15.6 Å². The van der Waals surface area contributed by atoms with Gasteiger partial charge in [0, 0.05) is 18.8 Å². The van der Waals surface area contributed by atoms with Crippen molar-refractivity contribution < 1.29 is 9.32 Å². The van der Waals surface area contributed by atoms with Gasteiger partial charge in [-0.1, -0.05) is 5.16 Å². The highest BCUT2D eigenvalue weighted by atomic mass is 16.5. The summed E-state index contributed by atoms with van der Waals surface area (Å²) in [5.41, 5.74) is 2.20. The van der Waals surface area contributed by atoms with Gasteiger partial charge in [-0.05, 0) is 25.7 Å². The van der Waals surface area contributed by atoms with Gasteiger partial charge in [0.15, 0.2) is 5.82 Å². The minimum Gasteiger partial charge on any atom is -0.340 e. The zero-order chi connectivity index (χ0) is 11.5. The Bertz CT molecular complexity index is 369. The number of carbonyl (C=O) groups excluding carboxylic acids is 1. The van der Waals surface area contributed by atoms with Gasteiger partial charge in [-0.3, -0.25) is 10.2 Å². The van der Waals surface area contributed by atoms with Gasteiger partial charge < -0.3 is 4.52 Å². The van der Waals surface area contributed by atoms with Crippen LogP contribution in [0.3, 0.4) is 0 Å². The van der Waals surface area contributed by atoms with Crippen molar-refractivity contribution in [2.75, 3.05) is 0 Å². The van der Waals surface area contributed by atoms with E-state index in [-0.39, 0.29) is 11.8 Å². The van der Waals surface area contributed by atoms with Gasteiger partial charge in [0.25, 0.3) is 0 Å². The molecule has 0 unspecified atom stereocenters. The van der Waals surface area contributed by atoms with Crippen molar-refractivity contribution in [1.29, 1.82) is 0 Å². The first-order valence-electron chi connectivity index (χ1n) is 5.51. The van der Waals surface area contributed by atoms with Crippen LogP contribution >= 0.6 is 0 Å². The van der Waals surface area contributed by atoms with Crippen LogP contribution in [0.15, 0.2) is 4.52 Å². The molecule has 0 saturated heterocycles. The highest BCUT2D eigenvalue weighted by Gasteiger charge is 2.28. The molecule has 1 aromatic rings. The molecule has 6 nitrogen and oxygen atoms in total. The Morgan fingerprint density at radius 1 is 1.44 bits per heavy atom. The SMILES string of the molecule is Cc1nc(C2CCC(C(=O)NN)CC2)no1. The maximum Gasteiger partial charge on any atom is 0.236 e. The number of nitrogens with zero attached hydrogens (tertiary/aromatic N) is 2. The zero-order valence-corrected chi connectivity index (χ0v) is 9.27. The van der Waals surface area contributed by atoms with Crippen LogP contribution in [0.5, 0.6) is 0 Å². The number of aryl methyl sites for hydroxylation is 1. The molecule has 0 aromatic carbocycles. The molecule has 1 saturated carbocycles. The first kappa shape index (κ1) is 11.1. The fourth-order valence-electron chi connectivity index (χ4n) is 2.21. The number of nitrogens with two attached hydrogens (primary N) is 1. The van der Waals surface area contributed by atoms with Crippen molar-refractivity contribution >= 4 is 5.91 Å². The quantitative estimate of drug-likeness (QED) is 0.437. The highest BCUT2D eigenvalue weighted by molar-refractivity contribution is 5.78. The Balaban J connectivity index is 1.92. The first-order chi connectivity index (χ1) is 7.70. The Morgan fingerprint density at radius 2 is 2.12 bits per heavy atom. The van der Waals surface area contributed by atoms with E-state index in [4.69, 9.17) is 10.4 Å². The average molecular weight is 224 g/mol. The van der Waals surface area contributed by atoms with Gasteiger partial charge in [-0.15, -0.1) is 0 Å². The lowest BCUT2D eigenvalue weighted by Crippen LogP contribution is -2.37.